The van der Waals surface area contributed by atoms with Crippen LogP contribution in [0, 0.1) is 6.92 Å². The number of halogens is 1. The minimum atomic E-state index is -0.245. The zero-order chi connectivity index (χ0) is 14.9. The Hall–Kier alpha value is -1.95. The summed E-state index contributed by atoms with van der Waals surface area (Å²) in [7, 11) is 1.56. The molecule has 0 unspecified atom stereocenters. The minimum Gasteiger partial charge on any atom is -0.354 e. The van der Waals surface area contributed by atoms with E-state index in [0.29, 0.717) is 22.5 Å². The molecule has 0 saturated carbocycles. The van der Waals surface area contributed by atoms with Crippen molar-refractivity contribution in [1.29, 1.82) is 0 Å². The van der Waals surface area contributed by atoms with Crippen molar-refractivity contribution in [3.05, 3.63) is 34.5 Å². The van der Waals surface area contributed by atoms with E-state index in [1.54, 1.807) is 24.0 Å². The van der Waals surface area contributed by atoms with Gasteiger partial charge in [-0.05, 0) is 13.0 Å². The number of aromatic nitrogens is 4. The predicted octanol–water partition coefficient (Wildman–Crippen LogP) is 2.11. The van der Waals surface area contributed by atoms with E-state index in [4.69, 9.17) is 11.6 Å². The molecule has 7 heteroatoms. The predicted molar refractivity (Wildman–Crippen MR) is 76.4 cm³/mol. The molecule has 0 atom stereocenters. The molecular weight excluding hydrogens is 278 g/mol. The summed E-state index contributed by atoms with van der Waals surface area (Å²) in [5.74, 6) is 1.14. The fraction of sp³-hybridized carbons (Fsp3) is 0.385. The fourth-order valence-electron chi connectivity index (χ4n) is 1.67. The van der Waals surface area contributed by atoms with E-state index < -0.39 is 0 Å². The Morgan fingerprint density at radius 1 is 1.40 bits per heavy atom. The lowest BCUT2D eigenvalue weighted by Gasteiger charge is -2.10. The topological polar surface area (TPSA) is 72.7 Å². The van der Waals surface area contributed by atoms with Gasteiger partial charge in [0.05, 0.1) is 0 Å². The maximum Gasteiger partial charge on any atom is 0.271 e. The molecule has 0 aliphatic rings. The van der Waals surface area contributed by atoms with Crippen LogP contribution in [0.25, 0.3) is 5.82 Å². The first kappa shape index (κ1) is 14.5. The summed E-state index contributed by atoms with van der Waals surface area (Å²) in [4.78, 5) is 20.3. The second kappa shape index (κ2) is 5.58. The Kier molecular flexibility index (Phi) is 4.04. The molecule has 2 aromatic heterocycles. The standard InChI is InChI=1S/C13H16ClN5O/c1-7(2)11-16-10(14)8(3)12(17-11)19-6-5-9(18-19)13(20)15-4/h5-7H,1-4H3,(H,15,20). The molecule has 0 aromatic carbocycles. The van der Waals surface area contributed by atoms with E-state index >= 15 is 0 Å². The summed E-state index contributed by atoms with van der Waals surface area (Å²) in [6.45, 7) is 5.80. The Morgan fingerprint density at radius 3 is 2.70 bits per heavy atom. The third kappa shape index (κ3) is 2.65. The largest absolute Gasteiger partial charge is 0.354 e. The van der Waals surface area contributed by atoms with Gasteiger partial charge in [-0.3, -0.25) is 4.79 Å². The number of amides is 1. The highest BCUT2D eigenvalue weighted by Crippen LogP contribution is 2.21. The van der Waals surface area contributed by atoms with Crippen LogP contribution in [0.1, 0.15) is 41.6 Å². The first-order valence-electron chi connectivity index (χ1n) is 6.26. The van der Waals surface area contributed by atoms with Crippen molar-refractivity contribution in [2.24, 2.45) is 0 Å². The fourth-order valence-corrected chi connectivity index (χ4v) is 1.84. The molecule has 0 aliphatic carbocycles. The number of carbonyl (C=O) groups is 1. The second-order valence-corrected chi connectivity index (χ2v) is 5.06. The summed E-state index contributed by atoms with van der Waals surface area (Å²) in [6.07, 6.45) is 1.68. The first-order valence-corrected chi connectivity index (χ1v) is 6.64. The van der Waals surface area contributed by atoms with Gasteiger partial charge in [-0.1, -0.05) is 25.4 Å². The summed E-state index contributed by atoms with van der Waals surface area (Å²) in [6, 6.07) is 1.63. The van der Waals surface area contributed by atoms with Gasteiger partial charge < -0.3 is 5.32 Å². The minimum absolute atomic E-state index is 0.154. The van der Waals surface area contributed by atoms with Gasteiger partial charge in [-0.15, -0.1) is 0 Å². The van der Waals surface area contributed by atoms with Gasteiger partial charge in [-0.25, -0.2) is 14.6 Å². The Morgan fingerprint density at radius 2 is 2.10 bits per heavy atom. The van der Waals surface area contributed by atoms with Crippen molar-refractivity contribution in [1.82, 2.24) is 25.1 Å². The van der Waals surface area contributed by atoms with Crippen molar-refractivity contribution in [2.45, 2.75) is 26.7 Å². The highest BCUT2D eigenvalue weighted by molar-refractivity contribution is 6.30. The lowest BCUT2D eigenvalue weighted by atomic mass is 10.2. The SMILES string of the molecule is CNC(=O)c1ccn(-c2nc(C(C)C)nc(Cl)c2C)n1. The van der Waals surface area contributed by atoms with Gasteiger partial charge in [0.25, 0.3) is 5.91 Å². The Bertz CT molecular complexity index is 650. The molecule has 2 rings (SSSR count). The molecule has 0 fully saturated rings. The highest BCUT2D eigenvalue weighted by Gasteiger charge is 2.15. The van der Waals surface area contributed by atoms with Gasteiger partial charge in [0.2, 0.25) is 0 Å². The summed E-state index contributed by atoms with van der Waals surface area (Å²) in [5, 5.41) is 7.14. The lowest BCUT2D eigenvalue weighted by molar-refractivity contribution is 0.0957. The van der Waals surface area contributed by atoms with E-state index in [-0.39, 0.29) is 11.8 Å². The van der Waals surface area contributed by atoms with Crippen molar-refractivity contribution in [2.75, 3.05) is 7.05 Å². The number of carbonyl (C=O) groups excluding carboxylic acids is 1. The van der Waals surface area contributed by atoms with Gasteiger partial charge in [0, 0.05) is 24.7 Å². The molecular formula is C13H16ClN5O. The third-order valence-corrected chi connectivity index (χ3v) is 3.23. The third-order valence-electron chi connectivity index (χ3n) is 2.86. The van der Waals surface area contributed by atoms with Crippen molar-refractivity contribution in [3.8, 4) is 5.82 Å². The van der Waals surface area contributed by atoms with Crippen LogP contribution < -0.4 is 5.32 Å². The molecule has 0 spiro atoms. The molecule has 0 aliphatic heterocycles. The van der Waals surface area contributed by atoms with Crippen LogP contribution in [-0.4, -0.2) is 32.7 Å². The molecule has 106 valence electrons. The molecule has 1 N–H and O–H groups in total. The smallest absolute Gasteiger partial charge is 0.271 e. The summed E-state index contributed by atoms with van der Waals surface area (Å²) < 4.78 is 1.54. The zero-order valence-electron chi connectivity index (χ0n) is 11.8. The first-order chi connectivity index (χ1) is 9.43. The quantitative estimate of drug-likeness (QED) is 0.880. The second-order valence-electron chi connectivity index (χ2n) is 4.70. The van der Waals surface area contributed by atoms with Crippen molar-refractivity contribution >= 4 is 17.5 Å². The molecule has 2 aromatic rings. The lowest BCUT2D eigenvalue weighted by Crippen LogP contribution is -2.18. The number of hydrogen-bond acceptors (Lipinski definition) is 4. The molecule has 1 amide bonds. The number of rotatable bonds is 3. The van der Waals surface area contributed by atoms with Crippen LogP contribution in [0.2, 0.25) is 5.15 Å². The van der Waals surface area contributed by atoms with Crippen LogP contribution in [0.4, 0.5) is 0 Å². The normalized spacial score (nSPS) is 10.9. The van der Waals surface area contributed by atoms with Crippen molar-refractivity contribution < 1.29 is 4.79 Å². The van der Waals surface area contributed by atoms with E-state index in [2.05, 4.69) is 20.4 Å². The Balaban J connectivity index is 2.51. The van der Waals surface area contributed by atoms with Gasteiger partial charge in [0.1, 0.15) is 11.0 Å². The van der Waals surface area contributed by atoms with E-state index in [9.17, 15) is 4.79 Å². The monoisotopic (exact) mass is 293 g/mol. The molecule has 6 nitrogen and oxygen atoms in total. The van der Waals surface area contributed by atoms with E-state index in [0.717, 1.165) is 5.56 Å². The van der Waals surface area contributed by atoms with Crippen LogP contribution in [-0.2, 0) is 0 Å². The molecule has 0 bridgehead atoms. The van der Waals surface area contributed by atoms with Gasteiger partial charge in [-0.2, -0.15) is 5.10 Å². The number of hydrogen-bond donors (Lipinski definition) is 1. The average Bonchev–Trinajstić information content (AvgIpc) is 2.90. The molecule has 20 heavy (non-hydrogen) atoms. The zero-order valence-corrected chi connectivity index (χ0v) is 12.6. The summed E-state index contributed by atoms with van der Waals surface area (Å²) >= 11 is 6.14. The van der Waals surface area contributed by atoms with Crippen LogP contribution >= 0.6 is 11.6 Å². The van der Waals surface area contributed by atoms with Gasteiger partial charge in [0.15, 0.2) is 11.5 Å². The average molecular weight is 294 g/mol. The van der Waals surface area contributed by atoms with Crippen molar-refractivity contribution in [3.63, 3.8) is 0 Å². The molecule has 2 heterocycles. The van der Waals surface area contributed by atoms with E-state index in [1.807, 2.05) is 20.8 Å². The Labute approximate surface area is 122 Å². The van der Waals surface area contributed by atoms with Gasteiger partial charge >= 0.3 is 0 Å². The maximum atomic E-state index is 11.5. The number of nitrogens with one attached hydrogen (secondary N) is 1. The number of nitrogens with zero attached hydrogens (tertiary/aromatic N) is 4. The molecule has 0 saturated heterocycles. The summed E-state index contributed by atoms with van der Waals surface area (Å²) in [5.41, 5.74) is 1.05. The highest BCUT2D eigenvalue weighted by atomic mass is 35.5. The van der Waals surface area contributed by atoms with Crippen LogP contribution in [0.5, 0.6) is 0 Å². The van der Waals surface area contributed by atoms with E-state index in [1.165, 1.54) is 0 Å². The van der Waals surface area contributed by atoms with Crippen LogP contribution in [0.15, 0.2) is 12.3 Å². The maximum absolute atomic E-state index is 11.5. The van der Waals surface area contributed by atoms with Crippen LogP contribution in [0.3, 0.4) is 0 Å². The molecule has 0 radical (unpaired) electrons.